The molecule has 1 N–H and O–H groups in total. The number of aromatic nitrogens is 1. The van der Waals surface area contributed by atoms with Gasteiger partial charge in [-0.15, -0.1) is 0 Å². The predicted molar refractivity (Wildman–Crippen MR) is 114 cm³/mol. The molecule has 2 saturated heterocycles. The molecule has 0 aliphatic carbocycles. The predicted octanol–water partition coefficient (Wildman–Crippen LogP) is 5.30. The van der Waals surface area contributed by atoms with E-state index in [-0.39, 0.29) is 30.0 Å². The first-order valence-corrected chi connectivity index (χ1v) is 10.3. The fraction of sp³-hybridized carbons (Fsp3) is 0.250. The van der Waals surface area contributed by atoms with Gasteiger partial charge in [0.2, 0.25) is 5.91 Å². The molecule has 0 saturated carbocycles. The number of halogens is 1. The van der Waals surface area contributed by atoms with E-state index in [0.717, 1.165) is 29.5 Å². The molecule has 5 heteroatoms. The maximum absolute atomic E-state index is 13.2. The van der Waals surface area contributed by atoms with Crippen LogP contribution >= 0.6 is 11.6 Å². The van der Waals surface area contributed by atoms with Crippen LogP contribution in [0.25, 0.3) is 11.1 Å². The third kappa shape index (κ3) is 3.43. The Morgan fingerprint density at radius 2 is 1.76 bits per heavy atom. The number of rotatable bonds is 4. The third-order valence-electron chi connectivity index (χ3n) is 5.99. The van der Waals surface area contributed by atoms with Crippen molar-refractivity contribution >= 4 is 23.2 Å². The summed E-state index contributed by atoms with van der Waals surface area (Å²) in [5, 5.41) is 3.68. The van der Waals surface area contributed by atoms with E-state index in [0.29, 0.717) is 10.7 Å². The largest absolute Gasteiger partial charge is 0.373 e. The van der Waals surface area contributed by atoms with Crippen molar-refractivity contribution < 1.29 is 9.53 Å². The van der Waals surface area contributed by atoms with Gasteiger partial charge in [-0.2, -0.15) is 0 Å². The van der Waals surface area contributed by atoms with E-state index in [2.05, 4.69) is 10.3 Å². The highest BCUT2D eigenvalue weighted by Crippen LogP contribution is 2.49. The molecule has 0 unspecified atom stereocenters. The van der Waals surface area contributed by atoms with E-state index in [4.69, 9.17) is 16.3 Å². The summed E-state index contributed by atoms with van der Waals surface area (Å²) in [5.74, 6) is -0.151. The van der Waals surface area contributed by atoms with Gasteiger partial charge in [-0.1, -0.05) is 48.0 Å². The second kappa shape index (κ2) is 7.62. The van der Waals surface area contributed by atoms with Crippen LogP contribution in [0.15, 0.2) is 73.1 Å². The Morgan fingerprint density at radius 1 is 1.00 bits per heavy atom. The van der Waals surface area contributed by atoms with E-state index in [1.54, 1.807) is 12.4 Å². The van der Waals surface area contributed by atoms with Crippen molar-refractivity contribution in [2.45, 2.75) is 31.0 Å². The van der Waals surface area contributed by atoms with Crippen LogP contribution in [0, 0.1) is 5.92 Å². The van der Waals surface area contributed by atoms with Crippen molar-refractivity contribution in [1.29, 1.82) is 0 Å². The topological polar surface area (TPSA) is 51.2 Å². The van der Waals surface area contributed by atoms with E-state index < -0.39 is 0 Å². The molecule has 0 spiro atoms. The number of hydrogen-bond donors (Lipinski definition) is 1. The van der Waals surface area contributed by atoms with Crippen LogP contribution in [0.1, 0.15) is 24.3 Å². The number of amides is 1. The molecule has 3 aromatic rings. The summed E-state index contributed by atoms with van der Waals surface area (Å²) in [5.41, 5.74) is 3.82. The summed E-state index contributed by atoms with van der Waals surface area (Å²) >= 11 is 6.51. The Labute approximate surface area is 174 Å². The lowest BCUT2D eigenvalue weighted by molar-refractivity contribution is -0.121. The van der Waals surface area contributed by atoms with Crippen LogP contribution in [0.4, 0.5) is 5.69 Å². The number of carbonyl (C=O) groups excluding carboxylic acids is 1. The van der Waals surface area contributed by atoms with Gasteiger partial charge in [-0.05, 0) is 48.2 Å². The molecular formula is C24H21ClN2O2. The van der Waals surface area contributed by atoms with Crippen LogP contribution in [0.3, 0.4) is 0 Å². The fourth-order valence-electron chi connectivity index (χ4n) is 4.69. The molecule has 3 heterocycles. The Kier molecular flexibility index (Phi) is 4.82. The quantitative estimate of drug-likeness (QED) is 0.641. The molecule has 2 aromatic carbocycles. The number of pyridine rings is 1. The Hall–Kier alpha value is -2.69. The molecule has 4 atom stereocenters. The highest BCUT2D eigenvalue weighted by molar-refractivity contribution is 6.33. The molecule has 2 aliphatic rings. The molecule has 2 aliphatic heterocycles. The first-order valence-electron chi connectivity index (χ1n) is 9.92. The van der Waals surface area contributed by atoms with Crippen LogP contribution in [0.2, 0.25) is 5.02 Å². The molecule has 0 radical (unpaired) electrons. The van der Waals surface area contributed by atoms with Gasteiger partial charge in [0, 0.05) is 29.6 Å². The van der Waals surface area contributed by atoms with E-state index >= 15 is 0 Å². The Bertz CT molecular complexity index is 1030. The summed E-state index contributed by atoms with van der Waals surface area (Å²) in [4.78, 5) is 17.3. The fourth-order valence-corrected chi connectivity index (χ4v) is 4.98. The lowest BCUT2D eigenvalue weighted by Gasteiger charge is -2.27. The first kappa shape index (κ1) is 18.3. The maximum Gasteiger partial charge on any atom is 0.230 e. The minimum Gasteiger partial charge on any atom is -0.373 e. The zero-order valence-corrected chi connectivity index (χ0v) is 16.5. The monoisotopic (exact) mass is 404 g/mol. The molecule has 1 amide bonds. The van der Waals surface area contributed by atoms with Crippen molar-refractivity contribution in [3.05, 3.63) is 83.6 Å². The van der Waals surface area contributed by atoms with Crippen LogP contribution in [-0.4, -0.2) is 23.1 Å². The zero-order chi connectivity index (χ0) is 19.8. The zero-order valence-electron chi connectivity index (χ0n) is 15.8. The number of nitrogens with zero attached hydrogens (tertiary/aromatic N) is 1. The molecule has 2 bridgehead atoms. The highest BCUT2D eigenvalue weighted by atomic mass is 35.5. The number of benzene rings is 2. The van der Waals surface area contributed by atoms with Gasteiger partial charge in [0.05, 0.1) is 23.1 Å². The van der Waals surface area contributed by atoms with Crippen molar-refractivity contribution in [3.8, 4) is 11.1 Å². The van der Waals surface area contributed by atoms with Crippen LogP contribution < -0.4 is 5.32 Å². The van der Waals surface area contributed by atoms with E-state index in [1.165, 1.54) is 0 Å². The summed E-state index contributed by atoms with van der Waals surface area (Å²) in [6, 6.07) is 19.6. The van der Waals surface area contributed by atoms with Crippen molar-refractivity contribution in [2.75, 3.05) is 5.32 Å². The first-order chi connectivity index (χ1) is 14.2. The SMILES string of the molecule is O=C(Nc1ccc(-c2ccccc2)c(Cl)c1)[C@H]1[C@@H](c2ccncc2)[C@@H]2CC[C@H]1O2. The lowest BCUT2D eigenvalue weighted by Crippen LogP contribution is -2.36. The van der Waals surface area contributed by atoms with Gasteiger partial charge in [-0.25, -0.2) is 0 Å². The molecule has 5 rings (SSSR count). The molecular weight excluding hydrogens is 384 g/mol. The van der Waals surface area contributed by atoms with Crippen molar-refractivity contribution in [1.82, 2.24) is 4.98 Å². The molecule has 29 heavy (non-hydrogen) atoms. The summed E-state index contributed by atoms with van der Waals surface area (Å²) in [6.07, 6.45) is 5.55. The minimum absolute atomic E-state index is 0.0115. The van der Waals surface area contributed by atoms with Crippen LogP contribution in [0.5, 0.6) is 0 Å². The van der Waals surface area contributed by atoms with Crippen molar-refractivity contribution in [2.24, 2.45) is 5.92 Å². The lowest BCUT2D eigenvalue weighted by atomic mass is 9.75. The number of ether oxygens (including phenoxy) is 1. The number of anilines is 1. The standard InChI is InChI=1S/C24H21ClN2O2/c25-19-14-17(6-7-18(19)15-4-2-1-3-5-15)27-24(28)23-21-9-8-20(29-21)22(23)16-10-12-26-13-11-16/h1-7,10-14,20-23H,8-9H2,(H,27,28)/t20-,21+,22-,23+/m0/s1. The summed E-state index contributed by atoms with van der Waals surface area (Å²) < 4.78 is 6.10. The highest BCUT2D eigenvalue weighted by Gasteiger charge is 2.52. The number of nitrogens with one attached hydrogen (secondary N) is 1. The third-order valence-corrected chi connectivity index (χ3v) is 6.30. The molecule has 146 valence electrons. The van der Waals surface area contributed by atoms with Crippen LogP contribution in [-0.2, 0) is 9.53 Å². The number of fused-ring (bicyclic) bond motifs is 2. The van der Waals surface area contributed by atoms with E-state index in [1.807, 2.05) is 60.7 Å². The van der Waals surface area contributed by atoms with Gasteiger partial charge < -0.3 is 10.1 Å². The summed E-state index contributed by atoms with van der Waals surface area (Å²) in [6.45, 7) is 0. The van der Waals surface area contributed by atoms with Gasteiger partial charge in [0.1, 0.15) is 0 Å². The van der Waals surface area contributed by atoms with E-state index in [9.17, 15) is 4.79 Å². The van der Waals surface area contributed by atoms with Gasteiger partial charge in [-0.3, -0.25) is 9.78 Å². The van der Waals surface area contributed by atoms with Gasteiger partial charge >= 0.3 is 0 Å². The van der Waals surface area contributed by atoms with Crippen molar-refractivity contribution in [3.63, 3.8) is 0 Å². The average molecular weight is 405 g/mol. The number of carbonyl (C=O) groups is 1. The Morgan fingerprint density at radius 3 is 2.52 bits per heavy atom. The number of hydrogen-bond acceptors (Lipinski definition) is 3. The second-order valence-electron chi connectivity index (χ2n) is 7.67. The second-order valence-corrected chi connectivity index (χ2v) is 8.08. The maximum atomic E-state index is 13.2. The normalized spacial score (nSPS) is 25.1. The summed E-state index contributed by atoms with van der Waals surface area (Å²) in [7, 11) is 0. The smallest absolute Gasteiger partial charge is 0.230 e. The molecule has 1 aromatic heterocycles. The minimum atomic E-state index is -0.205. The average Bonchev–Trinajstić information content (AvgIpc) is 3.37. The molecule has 4 nitrogen and oxygen atoms in total. The van der Waals surface area contributed by atoms with Gasteiger partial charge in [0.25, 0.3) is 0 Å². The van der Waals surface area contributed by atoms with Gasteiger partial charge in [0.15, 0.2) is 0 Å². The Balaban J connectivity index is 1.38. The molecule has 2 fully saturated rings.